The van der Waals surface area contributed by atoms with E-state index in [1.165, 1.54) is 60.1 Å². The van der Waals surface area contributed by atoms with Gasteiger partial charge in [0.2, 0.25) is 0 Å². The van der Waals surface area contributed by atoms with Crippen LogP contribution in [0, 0.1) is 18.8 Å². The number of anilines is 1. The van der Waals surface area contributed by atoms with Gasteiger partial charge < -0.3 is 4.90 Å². The summed E-state index contributed by atoms with van der Waals surface area (Å²) in [5.74, 6) is 2.01. The van der Waals surface area contributed by atoms with E-state index < -0.39 is 0 Å². The van der Waals surface area contributed by atoms with Gasteiger partial charge in [0.05, 0.1) is 0 Å². The van der Waals surface area contributed by atoms with Crippen molar-refractivity contribution < 1.29 is 0 Å². The van der Waals surface area contributed by atoms with Crippen LogP contribution in [0.1, 0.15) is 79.7 Å². The number of rotatable bonds is 8. The Balaban J connectivity index is 1.69. The molecule has 3 unspecified atom stereocenters. The average Bonchev–Trinajstić information content (AvgIpc) is 2.96. The standard InChI is InChI=1S/C31H41N/c1-6-9-27-18-22(4)10-17-30(27)29-16-13-25-12-14-26(23(5)7-2)19-31(25)32(21-29)20-28-15-11-24(28)8-3/h8,10,12,14,17-19,24,28-29H,3,5-7,9,11,13,15-16,20-21H2,1-2,4H3. The predicted octanol–water partition coefficient (Wildman–Crippen LogP) is 8.12. The van der Waals surface area contributed by atoms with Crippen molar-refractivity contribution in [3.63, 3.8) is 0 Å². The van der Waals surface area contributed by atoms with Gasteiger partial charge in [0.25, 0.3) is 0 Å². The first kappa shape index (κ1) is 22.9. The van der Waals surface area contributed by atoms with Crippen molar-refractivity contribution in [3.05, 3.63) is 83.4 Å². The molecule has 170 valence electrons. The maximum absolute atomic E-state index is 4.33. The molecule has 1 heteroatoms. The summed E-state index contributed by atoms with van der Waals surface area (Å²) in [6, 6.07) is 14.3. The molecule has 0 spiro atoms. The Morgan fingerprint density at radius 2 is 1.94 bits per heavy atom. The van der Waals surface area contributed by atoms with Crippen LogP contribution in [-0.2, 0) is 12.8 Å². The zero-order valence-electron chi connectivity index (χ0n) is 20.5. The van der Waals surface area contributed by atoms with Crippen LogP contribution in [0.3, 0.4) is 0 Å². The monoisotopic (exact) mass is 427 g/mol. The maximum Gasteiger partial charge on any atom is 0.0405 e. The molecular formula is C31H41N. The van der Waals surface area contributed by atoms with Gasteiger partial charge in [0, 0.05) is 24.7 Å². The molecule has 0 radical (unpaired) electrons. The highest BCUT2D eigenvalue weighted by atomic mass is 15.1. The zero-order valence-corrected chi connectivity index (χ0v) is 20.5. The lowest BCUT2D eigenvalue weighted by atomic mass is 9.73. The lowest BCUT2D eigenvalue weighted by Gasteiger charge is -2.40. The van der Waals surface area contributed by atoms with Gasteiger partial charge in [-0.15, -0.1) is 6.58 Å². The van der Waals surface area contributed by atoms with Gasteiger partial charge in [-0.1, -0.05) is 68.8 Å². The minimum Gasteiger partial charge on any atom is -0.370 e. The lowest BCUT2D eigenvalue weighted by Crippen LogP contribution is -2.39. The quantitative estimate of drug-likeness (QED) is 0.384. The Morgan fingerprint density at radius 1 is 1.09 bits per heavy atom. The normalized spacial score (nSPS) is 22.6. The Labute approximate surface area is 196 Å². The van der Waals surface area contributed by atoms with Crippen molar-refractivity contribution in [1.82, 2.24) is 0 Å². The molecule has 0 aromatic heterocycles. The van der Waals surface area contributed by atoms with Gasteiger partial charge in [-0.2, -0.15) is 0 Å². The molecule has 1 fully saturated rings. The van der Waals surface area contributed by atoms with Crippen LogP contribution in [-0.4, -0.2) is 13.1 Å². The zero-order chi connectivity index (χ0) is 22.7. The van der Waals surface area contributed by atoms with E-state index in [0.29, 0.717) is 11.8 Å². The van der Waals surface area contributed by atoms with E-state index in [1.54, 1.807) is 11.1 Å². The SMILES string of the molecule is C=CC1CCC1CN1CC(c2ccc(C)cc2CCC)CCc2ccc(C(=C)CC)cc21. The summed E-state index contributed by atoms with van der Waals surface area (Å²) >= 11 is 0. The highest BCUT2D eigenvalue weighted by molar-refractivity contribution is 5.69. The van der Waals surface area contributed by atoms with E-state index in [9.17, 15) is 0 Å². The summed E-state index contributed by atoms with van der Waals surface area (Å²) in [7, 11) is 0. The minimum atomic E-state index is 0.588. The Bertz CT molecular complexity index is 968. The van der Waals surface area contributed by atoms with Crippen molar-refractivity contribution in [2.24, 2.45) is 11.8 Å². The number of hydrogen-bond donors (Lipinski definition) is 0. The molecular weight excluding hydrogens is 386 g/mol. The third-order valence-corrected chi connectivity index (χ3v) is 7.96. The molecule has 1 heterocycles. The summed E-state index contributed by atoms with van der Waals surface area (Å²) in [4.78, 5) is 2.73. The molecule has 3 atom stereocenters. The Hall–Kier alpha value is -2.28. The maximum atomic E-state index is 4.33. The van der Waals surface area contributed by atoms with Gasteiger partial charge in [-0.05, 0) is 91.2 Å². The van der Waals surface area contributed by atoms with E-state index in [0.717, 1.165) is 31.8 Å². The van der Waals surface area contributed by atoms with Crippen LogP contribution in [0.15, 0.2) is 55.6 Å². The number of hydrogen-bond acceptors (Lipinski definition) is 1. The minimum absolute atomic E-state index is 0.588. The number of benzene rings is 2. The van der Waals surface area contributed by atoms with Crippen LogP contribution in [0.25, 0.3) is 5.57 Å². The van der Waals surface area contributed by atoms with E-state index in [4.69, 9.17) is 0 Å². The van der Waals surface area contributed by atoms with Crippen LogP contribution in [0.4, 0.5) is 5.69 Å². The molecule has 4 rings (SSSR count). The van der Waals surface area contributed by atoms with Crippen LogP contribution >= 0.6 is 0 Å². The lowest BCUT2D eigenvalue weighted by molar-refractivity contribution is 0.230. The molecule has 0 saturated heterocycles. The van der Waals surface area contributed by atoms with Crippen molar-refractivity contribution in [3.8, 4) is 0 Å². The van der Waals surface area contributed by atoms with Gasteiger partial charge in [0.15, 0.2) is 0 Å². The smallest absolute Gasteiger partial charge is 0.0405 e. The Morgan fingerprint density at radius 3 is 2.62 bits per heavy atom. The molecule has 32 heavy (non-hydrogen) atoms. The first-order valence-corrected chi connectivity index (χ1v) is 12.8. The van der Waals surface area contributed by atoms with Crippen molar-refractivity contribution in [1.29, 1.82) is 0 Å². The molecule has 0 N–H and O–H groups in total. The largest absolute Gasteiger partial charge is 0.370 e. The first-order chi connectivity index (χ1) is 15.5. The number of aryl methyl sites for hydroxylation is 3. The highest BCUT2D eigenvalue weighted by Crippen LogP contribution is 2.41. The second kappa shape index (κ2) is 10.1. The van der Waals surface area contributed by atoms with Crippen molar-refractivity contribution in [2.75, 3.05) is 18.0 Å². The molecule has 2 aromatic rings. The van der Waals surface area contributed by atoms with Crippen LogP contribution < -0.4 is 4.90 Å². The molecule has 1 saturated carbocycles. The first-order valence-electron chi connectivity index (χ1n) is 12.8. The van der Waals surface area contributed by atoms with E-state index >= 15 is 0 Å². The third kappa shape index (κ3) is 4.72. The fourth-order valence-corrected chi connectivity index (χ4v) is 5.74. The second-order valence-electron chi connectivity index (χ2n) is 10.1. The fraction of sp³-hybridized carbons (Fsp3) is 0.484. The number of nitrogens with zero attached hydrogens (tertiary/aromatic N) is 1. The number of fused-ring (bicyclic) bond motifs is 1. The van der Waals surface area contributed by atoms with E-state index in [1.807, 2.05) is 0 Å². The number of allylic oxidation sites excluding steroid dienone is 2. The van der Waals surface area contributed by atoms with Gasteiger partial charge >= 0.3 is 0 Å². The van der Waals surface area contributed by atoms with Gasteiger partial charge in [-0.25, -0.2) is 0 Å². The van der Waals surface area contributed by atoms with Crippen molar-refractivity contribution in [2.45, 2.75) is 71.6 Å². The summed E-state index contributed by atoms with van der Waals surface area (Å²) in [5.41, 5.74) is 10.1. The molecule has 2 aliphatic rings. The van der Waals surface area contributed by atoms with E-state index in [-0.39, 0.29) is 0 Å². The molecule has 1 aliphatic carbocycles. The van der Waals surface area contributed by atoms with Crippen molar-refractivity contribution >= 4 is 11.3 Å². The van der Waals surface area contributed by atoms with Crippen LogP contribution in [0.2, 0.25) is 0 Å². The highest BCUT2D eigenvalue weighted by Gasteiger charge is 2.33. The van der Waals surface area contributed by atoms with E-state index in [2.05, 4.69) is 81.3 Å². The summed E-state index contributed by atoms with van der Waals surface area (Å²) in [6.45, 7) is 17.4. The predicted molar refractivity (Wildman–Crippen MR) is 141 cm³/mol. The molecule has 1 aliphatic heterocycles. The molecule has 0 bridgehead atoms. The summed E-state index contributed by atoms with van der Waals surface area (Å²) < 4.78 is 0. The summed E-state index contributed by atoms with van der Waals surface area (Å²) in [5, 5.41) is 0. The summed E-state index contributed by atoms with van der Waals surface area (Å²) in [6.07, 6.45) is 10.6. The third-order valence-electron chi connectivity index (χ3n) is 7.96. The molecule has 1 nitrogen and oxygen atoms in total. The second-order valence-corrected chi connectivity index (χ2v) is 10.1. The van der Waals surface area contributed by atoms with Gasteiger partial charge in [0.1, 0.15) is 0 Å². The van der Waals surface area contributed by atoms with Gasteiger partial charge in [-0.3, -0.25) is 0 Å². The molecule has 2 aromatic carbocycles. The topological polar surface area (TPSA) is 3.24 Å². The average molecular weight is 428 g/mol. The molecule has 0 amide bonds. The van der Waals surface area contributed by atoms with Crippen LogP contribution in [0.5, 0.6) is 0 Å². The fourth-order valence-electron chi connectivity index (χ4n) is 5.74. The Kier molecular flexibility index (Phi) is 7.23.